The Bertz CT molecular complexity index is 1000. The van der Waals surface area contributed by atoms with Gasteiger partial charge in [0.25, 0.3) is 6.43 Å². The molecule has 6 nitrogen and oxygen atoms in total. The van der Waals surface area contributed by atoms with Crippen molar-refractivity contribution in [2.45, 2.75) is 25.8 Å². The molecule has 0 fully saturated rings. The van der Waals surface area contributed by atoms with Crippen LogP contribution in [-0.4, -0.2) is 39.5 Å². The van der Waals surface area contributed by atoms with E-state index < -0.39 is 18.8 Å². The first-order valence-corrected chi connectivity index (χ1v) is 9.12. The van der Waals surface area contributed by atoms with Crippen molar-refractivity contribution < 1.29 is 17.9 Å². The van der Waals surface area contributed by atoms with E-state index in [0.29, 0.717) is 30.3 Å². The molecule has 1 aliphatic rings. The summed E-state index contributed by atoms with van der Waals surface area (Å²) < 4.78 is 43.8. The van der Waals surface area contributed by atoms with Gasteiger partial charge < -0.3 is 9.64 Å². The van der Waals surface area contributed by atoms with E-state index in [-0.39, 0.29) is 11.8 Å². The van der Waals surface area contributed by atoms with Gasteiger partial charge in [-0.25, -0.2) is 33.1 Å². The maximum absolute atomic E-state index is 14.0. The molecular formula is C20H18F3N5O. The van der Waals surface area contributed by atoms with Gasteiger partial charge in [0.1, 0.15) is 18.2 Å². The van der Waals surface area contributed by atoms with Crippen molar-refractivity contribution in [1.82, 2.24) is 19.9 Å². The quantitative estimate of drug-likeness (QED) is 0.647. The van der Waals surface area contributed by atoms with Crippen LogP contribution in [-0.2, 0) is 6.42 Å². The number of hydrogen-bond donors (Lipinski definition) is 0. The molecule has 1 unspecified atom stereocenters. The van der Waals surface area contributed by atoms with Crippen LogP contribution in [0.3, 0.4) is 0 Å². The molecule has 0 saturated heterocycles. The average Bonchev–Trinajstić information content (AvgIpc) is 2.72. The molecule has 1 aliphatic heterocycles. The molecule has 0 N–H and O–H groups in total. The molecule has 2 aromatic heterocycles. The fraction of sp³-hybridized carbons (Fsp3) is 0.300. The van der Waals surface area contributed by atoms with Crippen molar-refractivity contribution in [2.75, 3.05) is 18.1 Å². The van der Waals surface area contributed by atoms with Gasteiger partial charge in [-0.3, -0.25) is 0 Å². The van der Waals surface area contributed by atoms with Crippen LogP contribution < -0.4 is 9.64 Å². The Hall–Kier alpha value is -3.23. The molecule has 0 saturated carbocycles. The van der Waals surface area contributed by atoms with Crippen LogP contribution >= 0.6 is 0 Å². The molecule has 29 heavy (non-hydrogen) atoms. The molecular weight excluding hydrogens is 383 g/mol. The number of rotatable bonds is 5. The van der Waals surface area contributed by atoms with Crippen LogP contribution in [0.2, 0.25) is 0 Å². The van der Waals surface area contributed by atoms with Gasteiger partial charge in [0, 0.05) is 54.9 Å². The molecule has 3 heterocycles. The first kappa shape index (κ1) is 19.1. The Morgan fingerprint density at radius 2 is 1.93 bits per heavy atom. The van der Waals surface area contributed by atoms with E-state index in [0.717, 1.165) is 17.3 Å². The Balaban J connectivity index is 1.60. The summed E-state index contributed by atoms with van der Waals surface area (Å²) >= 11 is 0. The summed E-state index contributed by atoms with van der Waals surface area (Å²) in [6.07, 6.45) is 2.99. The van der Waals surface area contributed by atoms with E-state index in [9.17, 15) is 13.2 Å². The largest absolute Gasteiger partial charge is 0.487 e. The molecule has 0 aliphatic carbocycles. The highest BCUT2D eigenvalue weighted by Crippen LogP contribution is 2.35. The molecule has 0 spiro atoms. The summed E-state index contributed by atoms with van der Waals surface area (Å²) in [6, 6.07) is 5.63. The van der Waals surface area contributed by atoms with Crippen LogP contribution in [0.25, 0.3) is 11.6 Å². The first-order chi connectivity index (χ1) is 14.0. The molecule has 0 radical (unpaired) electrons. The van der Waals surface area contributed by atoms with Crippen molar-refractivity contribution >= 4 is 5.69 Å². The van der Waals surface area contributed by atoms with Crippen molar-refractivity contribution in [3.63, 3.8) is 0 Å². The number of fused-ring (bicyclic) bond motifs is 1. The van der Waals surface area contributed by atoms with Crippen molar-refractivity contribution in [1.29, 1.82) is 0 Å². The number of nitrogens with zero attached hydrogens (tertiary/aromatic N) is 5. The zero-order valence-corrected chi connectivity index (χ0v) is 15.6. The lowest BCUT2D eigenvalue weighted by Gasteiger charge is -2.36. The zero-order valence-electron chi connectivity index (χ0n) is 15.6. The second kappa shape index (κ2) is 8.02. The number of alkyl halides is 2. The molecule has 1 aromatic carbocycles. The minimum atomic E-state index is -2.62. The van der Waals surface area contributed by atoms with E-state index in [4.69, 9.17) is 4.74 Å². The van der Waals surface area contributed by atoms with Gasteiger partial charge in [-0.2, -0.15) is 0 Å². The smallest absolute Gasteiger partial charge is 0.272 e. The van der Waals surface area contributed by atoms with Gasteiger partial charge >= 0.3 is 0 Å². The second-order valence-electron chi connectivity index (χ2n) is 6.63. The van der Waals surface area contributed by atoms with Crippen LogP contribution in [0.15, 0.2) is 42.9 Å². The third kappa shape index (κ3) is 4.13. The van der Waals surface area contributed by atoms with Crippen LogP contribution in [0, 0.1) is 5.82 Å². The number of hydrogen-bond acceptors (Lipinski definition) is 6. The minimum Gasteiger partial charge on any atom is -0.487 e. The summed E-state index contributed by atoms with van der Waals surface area (Å²) in [7, 11) is 0. The number of anilines is 1. The summed E-state index contributed by atoms with van der Waals surface area (Å²) in [5.41, 5.74) is 2.36. The van der Waals surface area contributed by atoms with Gasteiger partial charge in [-0.05, 0) is 19.1 Å². The van der Waals surface area contributed by atoms with Crippen molar-refractivity contribution in [3.8, 4) is 17.4 Å². The maximum Gasteiger partial charge on any atom is 0.272 e. The summed E-state index contributed by atoms with van der Waals surface area (Å²) in [6.45, 7) is 1.77. The van der Waals surface area contributed by atoms with Crippen molar-refractivity contribution in [2.24, 2.45) is 0 Å². The predicted molar refractivity (Wildman–Crippen MR) is 100 cm³/mol. The third-order valence-electron chi connectivity index (χ3n) is 4.74. The van der Waals surface area contributed by atoms with Gasteiger partial charge in [0.05, 0.1) is 11.7 Å². The lowest BCUT2D eigenvalue weighted by molar-refractivity contribution is 0.0817. The number of ether oxygens (including phenoxy) is 1. The van der Waals surface area contributed by atoms with E-state index >= 15 is 0 Å². The molecule has 0 bridgehead atoms. The number of benzene rings is 1. The van der Waals surface area contributed by atoms with Crippen LogP contribution in [0.4, 0.5) is 18.9 Å². The highest BCUT2D eigenvalue weighted by Gasteiger charge is 2.27. The Morgan fingerprint density at radius 3 is 2.69 bits per heavy atom. The normalized spacial score (nSPS) is 16.0. The summed E-state index contributed by atoms with van der Waals surface area (Å²) in [5.74, 6) is 0.443. The van der Waals surface area contributed by atoms with Crippen molar-refractivity contribution in [3.05, 3.63) is 59.9 Å². The maximum atomic E-state index is 14.0. The van der Waals surface area contributed by atoms with E-state index in [1.165, 1.54) is 6.07 Å². The zero-order chi connectivity index (χ0) is 20.4. The third-order valence-corrected chi connectivity index (χ3v) is 4.74. The fourth-order valence-corrected chi connectivity index (χ4v) is 3.39. The molecule has 9 heteroatoms. The van der Waals surface area contributed by atoms with Gasteiger partial charge in [0.2, 0.25) is 0 Å². The fourth-order valence-electron chi connectivity index (χ4n) is 3.39. The van der Waals surface area contributed by atoms with E-state index in [2.05, 4.69) is 19.9 Å². The number of aromatic nitrogens is 4. The van der Waals surface area contributed by atoms with Crippen LogP contribution in [0.1, 0.15) is 24.2 Å². The standard InChI is InChI=1S/C20H18F3N5O/c1-12-16-10-26-20(19-24-4-2-5-25-19)27-17(16)3-6-28(12)14-7-13(21)8-15(9-14)29-11-18(22)23/h2,4-5,7-10,12,18H,3,6,11H2,1H3. The van der Waals surface area contributed by atoms with E-state index in [1.54, 1.807) is 30.7 Å². The van der Waals surface area contributed by atoms with E-state index in [1.807, 2.05) is 11.8 Å². The summed E-state index contributed by atoms with van der Waals surface area (Å²) in [5, 5.41) is 0. The first-order valence-electron chi connectivity index (χ1n) is 9.12. The minimum absolute atomic E-state index is 0.0751. The molecule has 0 amide bonds. The average molecular weight is 401 g/mol. The van der Waals surface area contributed by atoms with Gasteiger partial charge in [0.15, 0.2) is 11.6 Å². The van der Waals surface area contributed by atoms with Gasteiger partial charge in [-0.15, -0.1) is 0 Å². The van der Waals surface area contributed by atoms with Crippen LogP contribution in [0.5, 0.6) is 5.75 Å². The molecule has 1 atom stereocenters. The lowest BCUT2D eigenvalue weighted by Crippen LogP contribution is -2.34. The predicted octanol–water partition coefficient (Wildman–Crippen LogP) is 3.84. The highest BCUT2D eigenvalue weighted by atomic mass is 19.3. The van der Waals surface area contributed by atoms with Gasteiger partial charge in [-0.1, -0.05) is 0 Å². The SMILES string of the molecule is CC1c2cnc(-c3ncccn3)nc2CCN1c1cc(F)cc(OCC(F)F)c1. The Morgan fingerprint density at radius 1 is 1.14 bits per heavy atom. The topological polar surface area (TPSA) is 64.0 Å². The lowest BCUT2D eigenvalue weighted by atomic mass is 9.98. The summed E-state index contributed by atoms with van der Waals surface area (Å²) in [4.78, 5) is 19.3. The molecule has 150 valence electrons. The monoisotopic (exact) mass is 401 g/mol. The molecule has 4 rings (SSSR count). The second-order valence-corrected chi connectivity index (χ2v) is 6.63. The molecule has 3 aromatic rings. The Labute approximate surface area is 165 Å². The highest BCUT2D eigenvalue weighted by molar-refractivity contribution is 5.55. The Kier molecular flexibility index (Phi) is 5.28. The number of halogens is 3.